The van der Waals surface area contributed by atoms with Gasteiger partial charge in [0.25, 0.3) is 0 Å². The number of pyridine rings is 1. The van der Waals surface area contributed by atoms with Gasteiger partial charge in [0.15, 0.2) is 11.5 Å². The smallest absolute Gasteiger partial charge is 0.163 e. The van der Waals surface area contributed by atoms with Gasteiger partial charge in [0, 0.05) is 35.6 Å². The molecule has 0 aliphatic carbocycles. The summed E-state index contributed by atoms with van der Waals surface area (Å²) < 4.78 is 25.3. The molecule has 0 spiro atoms. The summed E-state index contributed by atoms with van der Waals surface area (Å²) in [5.74, 6) is 1.33. The molecule has 1 aliphatic heterocycles. The standard InChI is InChI=1S/C23H31FN2O2/c1-15-9-19(10-16(2)25-15)11-18-7-6-8-26(14-18)17(3)20-12-22(27-4)23(28-5)13-21(20)24/h9-10,12-13,17-18H,6-8,11,14H2,1-5H3. The Bertz CT molecular complexity index is 804. The summed E-state index contributed by atoms with van der Waals surface area (Å²) >= 11 is 0. The average molecular weight is 387 g/mol. The Labute approximate surface area is 167 Å². The van der Waals surface area contributed by atoms with Crippen molar-refractivity contribution in [2.24, 2.45) is 5.92 Å². The molecule has 2 atom stereocenters. The second-order valence-corrected chi connectivity index (χ2v) is 7.87. The van der Waals surface area contributed by atoms with Crippen molar-refractivity contribution in [2.75, 3.05) is 27.3 Å². The first-order chi connectivity index (χ1) is 13.4. The van der Waals surface area contributed by atoms with Gasteiger partial charge in [-0.1, -0.05) is 0 Å². The third kappa shape index (κ3) is 4.64. The van der Waals surface area contributed by atoms with Crippen LogP contribution in [0.1, 0.15) is 48.3 Å². The molecule has 2 unspecified atom stereocenters. The van der Waals surface area contributed by atoms with Crippen LogP contribution >= 0.6 is 0 Å². The van der Waals surface area contributed by atoms with Crippen molar-refractivity contribution in [1.29, 1.82) is 0 Å². The van der Waals surface area contributed by atoms with Gasteiger partial charge in [-0.3, -0.25) is 9.88 Å². The van der Waals surface area contributed by atoms with Crippen LogP contribution in [-0.4, -0.2) is 37.2 Å². The summed E-state index contributed by atoms with van der Waals surface area (Å²) in [6.45, 7) is 8.12. The lowest BCUT2D eigenvalue weighted by molar-refractivity contribution is 0.129. The molecule has 152 valence electrons. The molecule has 2 aromatic rings. The maximum absolute atomic E-state index is 14.7. The van der Waals surface area contributed by atoms with Crippen molar-refractivity contribution < 1.29 is 13.9 Å². The van der Waals surface area contributed by atoms with E-state index in [4.69, 9.17) is 9.47 Å². The highest BCUT2D eigenvalue weighted by atomic mass is 19.1. The lowest BCUT2D eigenvalue weighted by Gasteiger charge is -2.37. The Hall–Kier alpha value is -2.14. The molecule has 0 radical (unpaired) electrons. The number of likely N-dealkylation sites (tertiary alicyclic amines) is 1. The zero-order chi connectivity index (χ0) is 20.3. The minimum absolute atomic E-state index is 0.0106. The highest BCUT2D eigenvalue weighted by Gasteiger charge is 2.27. The van der Waals surface area contributed by atoms with E-state index >= 15 is 0 Å². The van der Waals surface area contributed by atoms with Crippen LogP contribution in [-0.2, 0) is 6.42 Å². The molecule has 3 rings (SSSR count). The number of methoxy groups -OCH3 is 2. The number of aryl methyl sites for hydroxylation is 2. The Morgan fingerprint density at radius 3 is 2.39 bits per heavy atom. The Balaban J connectivity index is 1.75. The normalized spacial score (nSPS) is 18.7. The first-order valence-corrected chi connectivity index (χ1v) is 10.0. The molecule has 1 aromatic carbocycles. The molecule has 1 fully saturated rings. The Kier molecular flexibility index (Phi) is 6.55. The third-order valence-electron chi connectivity index (χ3n) is 5.72. The van der Waals surface area contributed by atoms with Crippen molar-refractivity contribution in [3.63, 3.8) is 0 Å². The largest absolute Gasteiger partial charge is 0.493 e. The van der Waals surface area contributed by atoms with Gasteiger partial charge in [-0.2, -0.15) is 0 Å². The lowest BCUT2D eigenvalue weighted by atomic mass is 9.89. The maximum atomic E-state index is 14.7. The number of aromatic nitrogens is 1. The number of piperidine rings is 1. The maximum Gasteiger partial charge on any atom is 0.163 e. The summed E-state index contributed by atoms with van der Waals surface area (Å²) in [6.07, 6.45) is 3.38. The summed E-state index contributed by atoms with van der Waals surface area (Å²) in [6, 6.07) is 7.56. The minimum atomic E-state index is -0.243. The monoisotopic (exact) mass is 386 g/mol. The van der Waals surface area contributed by atoms with Crippen molar-refractivity contribution in [3.05, 3.63) is 52.6 Å². The number of benzene rings is 1. The van der Waals surface area contributed by atoms with Gasteiger partial charge in [0.2, 0.25) is 0 Å². The van der Waals surface area contributed by atoms with Gasteiger partial charge in [0.05, 0.1) is 14.2 Å². The predicted octanol–water partition coefficient (Wildman–Crippen LogP) is 4.87. The van der Waals surface area contributed by atoms with E-state index in [0.717, 1.165) is 37.3 Å². The van der Waals surface area contributed by atoms with Gasteiger partial charge in [-0.05, 0) is 76.3 Å². The molecule has 0 bridgehead atoms. The molecule has 5 heteroatoms. The van der Waals surface area contributed by atoms with Crippen LogP contribution < -0.4 is 9.47 Å². The highest BCUT2D eigenvalue weighted by molar-refractivity contribution is 5.44. The van der Waals surface area contributed by atoms with Crippen molar-refractivity contribution in [2.45, 2.75) is 46.1 Å². The lowest BCUT2D eigenvalue weighted by Crippen LogP contribution is -2.38. The van der Waals surface area contributed by atoms with E-state index in [-0.39, 0.29) is 11.9 Å². The van der Waals surface area contributed by atoms with E-state index in [9.17, 15) is 4.39 Å². The van der Waals surface area contributed by atoms with Crippen LogP contribution in [0, 0.1) is 25.6 Å². The van der Waals surface area contributed by atoms with Gasteiger partial charge >= 0.3 is 0 Å². The molecule has 1 aliphatic rings. The minimum Gasteiger partial charge on any atom is -0.493 e. The van der Waals surface area contributed by atoms with E-state index in [2.05, 4.69) is 28.9 Å². The molecule has 0 saturated carbocycles. The number of hydrogen-bond acceptors (Lipinski definition) is 4. The molecule has 2 heterocycles. The summed E-state index contributed by atoms with van der Waals surface area (Å²) in [4.78, 5) is 6.86. The zero-order valence-electron chi connectivity index (χ0n) is 17.6. The highest BCUT2D eigenvalue weighted by Crippen LogP contribution is 2.36. The van der Waals surface area contributed by atoms with Crippen molar-refractivity contribution in [1.82, 2.24) is 9.88 Å². The van der Waals surface area contributed by atoms with E-state index < -0.39 is 0 Å². The van der Waals surface area contributed by atoms with Crippen LogP contribution in [0.2, 0.25) is 0 Å². The second kappa shape index (κ2) is 8.91. The fourth-order valence-corrected chi connectivity index (χ4v) is 4.37. The third-order valence-corrected chi connectivity index (χ3v) is 5.72. The van der Waals surface area contributed by atoms with E-state index in [1.165, 1.54) is 25.2 Å². The van der Waals surface area contributed by atoms with Crippen molar-refractivity contribution >= 4 is 0 Å². The molecule has 4 nitrogen and oxygen atoms in total. The number of halogens is 1. The molecule has 1 saturated heterocycles. The quantitative estimate of drug-likeness (QED) is 0.709. The fourth-order valence-electron chi connectivity index (χ4n) is 4.37. The Morgan fingerprint density at radius 1 is 1.11 bits per heavy atom. The first-order valence-electron chi connectivity index (χ1n) is 10.0. The zero-order valence-corrected chi connectivity index (χ0v) is 17.6. The molecule has 0 N–H and O–H groups in total. The van der Waals surface area contributed by atoms with Crippen LogP contribution in [0.3, 0.4) is 0 Å². The second-order valence-electron chi connectivity index (χ2n) is 7.87. The number of hydrogen-bond donors (Lipinski definition) is 0. The molecule has 28 heavy (non-hydrogen) atoms. The van der Waals surface area contributed by atoms with Crippen LogP contribution in [0.15, 0.2) is 24.3 Å². The molecular weight excluding hydrogens is 355 g/mol. The summed E-state index contributed by atoms with van der Waals surface area (Å²) in [5, 5.41) is 0. The fraction of sp³-hybridized carbons (Fsp3) is 0.522. The van der Waals surface area contributed by atoms with Crippen LogP contribution in [0.5, 0.6) is 11.5 Å². The van der Waals surface area contributed by atoms with Gasteiger partial charge < -0.3 is 9.47 Å². The summed E-state index contributed by atoms with van der Waals surface area (Å²) in [5.41, 5.74) is 4.16. The van der Waals surface area contributed by atoms with Gasteiger partial charge in [-0.15, -0.1) is 0 Å². The molecule has 1 aromatic heterocycles. The number of ether oxygens (including phenoxy) is 2. The number of rotatable bonds is 6. The van der Waals surface area contributed by atoms with E-state index in [1.54, 1.807) is 13.2 Å². The van der Waals surface area contributed by atoms with Crippen molar-refractivity contribution in [3.8, 4) is 11.5 Å². The average Bonchev–Trinajstić information content (AvgIpc) is 2.66. The van der Waals surface area contributed by atoms with E-state index in [1.807, 2.05) is 13.8 Å². The molecular formula is C23H31FN2O2. The number of nitrogens with zero attached hydrogens (tertiary/aromatic N) is 2. The van der Waals surface area contributed by atoms with E-state index in [0.29, 0.717) is 23.0 Å². The SMILES string of the molecule is COc1cc(F)c(C(C)N2CCCC(Cc3cc(C)nc(C)c3)C2)cc1OC. The van der Waals surface area contributed by atoms with Crippen LogP contribution in [0.25, 0.3) is 0 Å². The molecule has 0 amide bonds. The van der Waals surface area contributed by atoms with Gasteiger partial charge in [0.1, 0.15) is 5.82 Å². The first kappa shape index (κ1) is 20.6. The Morgan fingerprint density at radius 2 is 1.75 bits per heavy atom. The topological polar surface area (TPSA) is 34.6 Å². The summed E-state index contributed by atoms with van der Waals surface area (Å²) in [7, 11) is 3.11. The van der Waals surface area contributed by atoms with Gasteiger partial charge in [-0.25, -0.2) is 4.39 Å². The van der Waals surface area contributed by atoms with Crippen LogP contribution in [0.4, 0.5) is 4.39 Å². The predicted molar refractivity (Wildman–Crippen MR) is 110 cm³/mol.